The highest BCUT2D eigenvalue weighted by Gasteiger charge is 2.11. The highest BCUT2D eigenvalue weighted by molar-refractivity contribution is 5.27. The van der Waals surface area contributed by atoms with Gasteiger partial charge in [0.25, 0.3) is 0 Å². The molecule has 1 N–H and O–H groups in total. The van der Waals surface area contributed by atoms with Crippen LogP contribution >= 0.6 is 0 Å². The minimum absolute atomic E-state index is 0.512. The zero-order chi connectivity index (χ0) is 14.2. The van der Waals surface area contributed by atoms with Gasteiger partial charge in [0.2, 0.25) is 0 Å². The average Bonchev–Trinajstić information content (AvgIpc) is 2.48. The van der Waals surface area contributed by atoms with E-state index in [2.05, 4.69) is 73.8 Å². The van der Waals surface area contributed by atoms with Crippen molar-refractivity contribution < 1.29 is 0 Å². The highest BCUT2D eigenvalue weighted by atomic mass is 14.9. The molecule has 0 saturated heterocycles. The molecule has 20 heavy (non-hydrogen) atoms. The Bertz CT molecular complexity index is 504. The number of hydrogen-bond donors (Lipinski definition) is 1. The lowest BCUT2D eigenvalue weighted by Crippen LogP contribution is -2.34. The van der Waals surface area contributed by atoms with E-state index in [0.717, 1.165) is 19.4 Å². The third-order valence-corrected chi connectivity index (χ3v) is 3.74. The van der Waals surface area contributed by atoms with Crippen molar-refractivity contribution in [3.63, 3.8) is 0 Å². The van der Waals surface area contributed by atoms with Crippen molar-refractivity contribution in [1.29, 1.82) is 0 Å². The summed E-state index contributed by atoms with van der Waals surface area (Å²) < 4.78 is 0. The van der Waals surface area contributed by atoms with Gasteiger partial charge in [0.15, 0.2) is 0 Å². The van der Waals surface area contributed by atoms with Crippen LogP contribution in [0.15, 0.2) is 54.6 Å². The molecule has 2 aromatic rings. The van der Waals surface area contributed by atoms with Crippen LogP contribution in [0.2, 0.25) is 0 Å². The molecule has 0 bridgehead atoms. The van der Waals surface area contributed by atoms with E-state index >= 15 is 0 Å². The maximum absolute atomic E-state index is 3.69. The van der Waals surface area contributed by atoms with Crippen molar-refractivity contribution in [1.82, 2.24) is 5.32 Å². The van der Waals surface area contributed by atoms with Crippen molar-refractivity contribution in [2.45, 2.75) is 39.2 Å². The van der Waals surface area contributed by atoms with Crippen molar-refractivity contribution in [2.75, 3.05) is 6.54 Å². The molecule has 2 rings (SSSR count). The van der Waals surface area contributed by atoms with Gasteiger partial charge in [-0.1, -0.05) is 61.5 Å². The van der Waals surface area contributed by atoms with E-state index in [1.165, 1.54) is 23.1 Å². The Kier molecular flexibility index (Phi) is 5.82. The Balaban J connectivity index is 2.05. The van der Waals surface area contributed by atoms with Gasteiger partial charge >= 0.3 is 0 Å². The summed E-state index contributed by atoms with van der Waals surface area (Å²) in [4.78, 5) is 0. The average molecular weight is 267 g/mol. The van der Waals surface area contributed by atoms with Crippen LogP contribution in [0, 0.1) is 6.92 Å². The second-order valence-electron chi connectivity index (χ2n) is 5.47. The summed E-state index contributed by atoms with van der Waals surface area (Å²) in [6.45, 7) is 5.51. The molecular weight excluding hydrogens is 242 g/mol. The second-order valence-corrected chi connectivity index (χ2v) is 5.47. The van der Waals surface area contributed by atoms with Crippen molar-refractivity contribution in [3.8, 4) is 0 Å². The minimum atomic E-state index is 0.512. The number of rotatable bonds is 7. The van der Waals surface area contributed by atoms with E-state index in [1.807, 2.05) is 0 Å². The fourth-order valence-electron chi connectivity index (χ4n) is 2.57. The Morgan fingerprint density at radius 2 is 1.60 bits per heavy atom. The molecule has 0 aliphatic rings. The zero-order valence-electron chi connectivity index (χ0n) is 12.6. The first-order valence-electron chi connectivity index (χ1n) is 7.61. The van der Waals surface area contributed by atoms with E-state index in [4.69, 9.17) is 0 Å². The monoisotopic (exact) mass is 267 g/mol. The Labute approximate surface area is 123 Å². The first-order chi connectivity index (χ1) is 9.79. The standard InChI is InChI=1S/C19H25N/c1-3-13-20-19(14-17-10-5-4-6-11-17)15-18-12-8-7-9-16(18)2/h4-12,19-20H,3,13-15H2,1-2H3. The third-order valence-electron chi connectivity index (χ3n) is 3.74. The van der Waals surface area contributed by atoms with Crippen LogP contribution in [0.1, 0.15) is 30.0 Å². The van der Waals surface area contributed by atoms with Gasteiger partial charge in [0.05, 0.1) is 0 Å². The quantitative estimate of drug-likeness (QED) is 0.794. The second kappa shape index (κ2) is 7.86. The normalized spacial score (nSPS) is 12.3. The molecule has 0 radical (unpaired) electrons. The van der Waals surface area contributed by atoms with Gasteiger partial charge in [-0.25, -0.2) is 0 Å². The Morgan fingerprint density at radius 1 is 0.900 bits per heavy atom. The third kappa shape index (κ3) is 4.50. The molecule has 1 heteroatoms. The molecule has 0 fully saturated rings. The highest BCUT2D eigenvalue weighted by Crippen LogP contribution is 2.13. The van der Waals surface area contributed by atoms with Crippen LogP contribution in [-0.2, 0) is 12.8 Å². The molecule has 0 aliphatic carbocycles. The van der Waals surface area contributed by atoms with Crippen molar-refractivity contribution >= 4 is 0 Å². The van der Waals surface area contributed by atoms with Crippen LogP contribution in [0.3, 0.4) is 0 Å². The maximum atomic E-state index is 3.69. The predicted octanol–water partition coefficient (Wildman–Crippen LogP) is 4.15. The van der Waals surface area contributed by atoms with E-state index < -0.39 is 0 Å². The number of benzene rings is 2. The summed E-state index contributed by atoms with van der Waals surface area (Å²) in [6.07, 6.45) is 3.37. The molecule has 106 valence electrons. The number of nitrogens with one attached hydrogen (secondary N) is 1. The smallest absolute Gasteiger partial charge is 0.0148 e. The largest absolute Gasteiger partial charge is 0.313 e. The molecule has 0 saturated carbocycles. The van der Waals surface area contributed by atoms with Crippen molar-refractivity contribution in [2.24, 2.45) is 0 Å². The van der Waals surface area contributed by atoms with Gasteiger partial charge in [-0.2, -0.15) is 0 Å². The molecule has 2 aromatic carbocycles. The minimum Gasteiger partial charge on any atom is -0.313 e. The molecule has 0 aromatic heterocycles. The molecule has 0 amide bonds. The van der Waals surface area contributed by atoms with Crippen LogP contribution in [0.4, 0.5) is 0 Å². The van der Waals surface area contributed by atoms with Gasteiger partial charge in [-0.15, -0.1) is 0 Å². The van der Waals surface area contributed by atoms with Gasteiger partial charge < -0.3 is 5.32 Å². The summed E-state index contributed by atoms with van der Waals surface area (Å²) in [7, 11) is 0. The predicted molar refractivity (Wildman–Crippen MR) is 87.1 cm³/mol. The fourth-order valence-corrected chi connectivity index (χ4v) is 2.57. The van der Waals surface area contributed by atoms with Gasteiger partial charge in [0.1, 0.15) is 0 Å². The fraction of sp³-hybridized carbons (Fsp3) is 0.368. The van der Waals surface area contributed by atoms with Crippen LogP contribution in [-0.4, -0.2) is 12.6 Å². The molecule has 0 spiro atoms. The molecule has 1 unspecified atom stereocenters. The summed E-state index contributed by atoms with van der Waals surface area (Å²) in [5.74, 6) is 0. The molecule has 1 atom stereocenters. The van der Waals surface area contributed by atoms with E-state index in [0.29, 0.717) is 6.04 Å². The van der Waals surface area contributed by atoms with E-state index in [1.54, 1.807) is 0 Å². The summed E-state index contributed by atoms with van der Waals surface area (Å²) >= 11 is 0. The lowest BCUT2D eigenvalue weighted by molar-refractivity contribution is 0.504. The lowest BCUT2D eigenvalue weighted by Gasteiger charge is -2.20. The Morgan fingerprint density at radius 3 is 2.30 bits per heavy atom. The summed E-state index contributed by atoms with van der Waals surface area (Å²) in [6, 6.07) is 20.0. The topological polar surface area (TPSA) is 12.0 Å². The molecule has 0 heterocycles. The SMILES string of the molecule is CCCNC(Cc1ccccc1)Cc1ccccc1C. The van der Waals surface area contributed by atoms with Crippen LogP contribution in [0.5, 0.6) is 0 Å². The van der Waals surface area contributed by atoms with E-state index in [-0.39, 0.29) is 0 Å². The molecular formula is C19H25N. The van der Waals surface area contributed by atoms with Crippen LogP contribution in [0.25, 0.3) is 0 Å². The van der Waals surface area contributed by atoms with E-state index in [9.17, 15) is 0 Å². The van der Waals surface area contributed by atoms with Crippen LogP contribution < -0.4 is 5.32 Å². The van der Waals surface area contributed by atoms with Crippen molar-refractivity contribution in [3.05, 3.63) is 71.3 Å². The first-order valence-corrected chi connectivity index (χ1v) is 7.61. The molecule has 0 aliphatic heterocycles. The zero-order valence-corrected chi connectivity index (χ0v) is 12.6. The van der Waals surface area contributed by atoms with Gasteiger partial charge in [-0.05, 0) is 49.4 Å². The summed E-state index contributed by atoms with van der Waals surface area (Å²) in [5, 5.41) is 3.69. The summed E-state index contributed by atoms with van der Waals surface area (Å²) in [5.41, 5.74) is 4.26. The number of aryl methyl sites for hydroxylation is 1. The maximum Gasteiger partial charge on any atom is 0.0148 e. The molecule has 1 nitrogen and oxygen atoms in total. The Hall–Kier alpha value is -1.60. The lowest BCUT2D eigenvalue weighted by atomic mass is 9.96. The number of hydrogen-bond acceptors (Lipinski definition) is 1. The van der Waals surface area contributed by atoms with Gasteiger partial charge in [0, 0.05) is 6.04 Å². The van der Waals surface area contributed by atoms with Gasteiger partial charge in [-0.3, -0.25) is 0 Å². The first kappa shape index (κ1) is 14.8.